The van der Waals surface area contributed by atoms with Gasteiger partial charge in [-0.25, -0.2) is 4.21 Å². The van der Waals surface area contributed by atoms with E-state index >= 15 is 0 Å². The van der Waals surface area contributed by atoms with E-state index in [0.717, 1.165) is 11.3 Å². The van der Waals surface area contributed by atoms with E-state index in [4.69, 9.17) is 5.73 Å². The van der Waals surface area contributed by atoms with Crippen LogP contribution >= 0.6 is 0 Å². The number of benzene rings is 1. The molecular formula is C12H15N3OS. The van der Waals surface area contributed by atoms with Gasteiger partial charge in [0, 0.05) is 5.56 Å². The number of amidine groups is 1. The molecule has 0 saturated heterocycles. The minimum Gasteiger partial charge on any atom is -0.382 e. The monoisotopic (exact) mass is 249 g/mol. The van der Waals surface area contributed by atoms with Gasteiger partial charge in [0.05, 0.1) is 5.69 Å². The first-order chi connectivity index (χ1) is 8.25. The number of hydrogen-bond acceptors (Lipinski definition) is 2. The van der Waals surface area contributed by atoms with Crippen LogP contribution in [0, 0.1) is 0 Å². The number of nitrogens with two attached hydrogens (primary N) is 1. The molecule has 1 aromatic carbocycles. The quantitative estimate of drug-likeness (QED) is 0.800. The van der Waals surface area contributed by atoms with E-state index in [9.17, 15) is 4.21 Å². The van der Waals surface area contributed by atoms with E-state index < -0.39 is 11.2 Å². The van der Waals surface area contributed by atoms with Gasteiger partial charge in [-0.1, -0.05) is 25.0 Å². The Bertz CT molecular complexity index is 506. The third kappa shape index (κ3) is 1.84. The summed E-state index contributed by atoms with van der Waals surface area (Å²) >= 11 is -1.43. The molecule has 1 aliphatic carbocycles. The van der Waals surface area contributed by atoms with Crippen LogP contribution in [0.25, 0.3) is 0 Å². The lowest BCUT2D eigenvalue weighted by Gasteiger charge is -2.21. The molecule has 0 spiro atoms. The van der Waals surface area contributed by atoms with Gasteiger partial charge in [-0.3, -0.25) is 4.72 Å². The standard InChI is InChI=1S/C12H15N3OS/c13-12-11-9(8-4-1-2-5-8)6-3-7-10(11)14-17(16)15-12/h3,6-8,14H,1-2,4-5H2,(H2,13,15). The predicted octanol–water partition coefficient (Wildman–Crippen LogP) is 2.05. The van der Waals surface area contributed by atoms with Crippen molar-refractivity contribution in [2.24, 2.45) is 10.1 Å². The Labute approximate surface area is 103 Å². The predicted molar refractivity (Wildman–Crippen MR) is 70.1 cm³/mol. The molecule has 17 heavy (non-hydrogen) atoms. The number of rotatable bonds is 1. The highest BCUT2D eigenvalue weighted by molar-refractivity contribution is 7.85. The van der Waals surface area contributed by atoms with Gasteiger partial charge in [0.1, 0.15) is 5.84 Å². The molecule has 90 valence electrons. The lowest BCUT2D eigenvalue weighted by molar-refractivity contribution is 0.687. The van der Waals surface area contributed by atoms with Gasteiger partial charge in [-0.15, -0.1) is 0 Å². The van der Waals surface area contributed by atoms with Gasteiger partial charge in [-0.2, -0.15) is 4.40 Å². The molecule has 0 aromatic heterocycles. The summed E-state index contributed by atoms with van der Waals surface area (Å²) in [5, 5.41) is 0. The summed E-state index contributed by atoms with van der Waals surface area (Å²) in [6.07, 6.45) is 5.00. The molecule has 2 aliphatic rings. The highest BCUT2D eigenvalue weighted by Crippen LogP contribution is 2.38. The Hall–Kier alpha value is -1.36. The highest BCUT2D eigenvalue weighted by Gasteiger charge is 2.25. The van der Waals surface area contributed by atoms with E-state index in [1.165, 1.54) is 31.2 Å². The largest absolute Gasteiger partial charge is 0.382 e. The molecule has 3 N–H and O–H groups in total. The van der Waals surface area contributed by atoms with Crippen LogP contribution in [-0.4, -0.2) is 10.0 Å². The van der Waals surface area contributed by atoms with Crippen molar-refractivity contribution in [1.29, 1.82) is 0 Å². The first-order valence-electron chi connectivity index (χ1n) is 5.91. The average Bonchev–Trinajstić information content (AvgIpc) is 2.80. The topological polar surface area (TPSA) is 67.5 Å². The van der Waals surface area contributed by atoms with E-state index in [2.05, 4.69) is 15.2 Å². The first kappa shape index (κ1) is 10.8. The molecule has 0 radical (unpaired) electrons. The Morgan fingerprint density at radius 3 is 2.88 bits per heavy atom. The second-order valence-electron chi connectivity index (χ2n) is 4.58. The fourth-order valence-electron chi connectivity index (χ4n) is 2.77. The minimum atomic E-state index is -1.43. The third-order valence-electron chi connectivity index (χ3n) is 3.53. The molecule has 1 fully saturated rings. The van der Waals surface area contributed by atoms with E-state index in [-0.39, 0.29) is 0 Å². The van der Waals surface area contributed by atoms with Crippen LogP contribution in [0.4, 0.5) is 5.69 Å². The van der Waals surface area contributed by atoms with Gasteiger partial charge in [0.2, 0.25) is 11.2 Å². The zero-order valence-corrected chi connectivity index (χ0v) is 10.3. The maximum absolute atomic E-state index is 11.4. The summed E-state index contributed by atoms with van der Waals surface area (Å²) in [7, 11) is 0. The average molecular weight is 249 g/mol. The van der Waals surface area contributed by atoms with Gasteiger partial charge in [0.15, 0.2) is 0 Å². The fraction of sp³-hybridized carbons (Fsp3) is 0.417. The van der Waals surface area contributed by atoms with Crippen LogP contribution in [0.1, 0.15) is 42.7 Å². The van der Waals surface area contributed by atoms with Crippen molar-refractivity contribution in [1.82, 2.24) is 0 Å². The van der Waals surface area contributed by atoms with Crippen molar-refractivity contribution in [2.45, 2.75) is 31.6 Å². The van der Waals surface area contributed by atoms with Crippen molar-refractivity contribution in [3.05, 3.63) is 29.3 Å². The molecule has 4 nitrogen and oxygen atoms in total. The van der Waals surface area contributed by atoms with Crippen molar-refractivity contribution in [3.8, 4) is 0 Å². The summed E-state index contributed by atoms with van der Waals surface area (Å²) in [6, 6.07) is 6.02. The van der Waals surface area contributed by atoms with Crippen molar-refractivity contribution >= 4 is 22.7 Å². The van der Waals surface area contributed by atoms with Crippen molar-refractivity contribution in [3.63, 3.8) is 0 Å². The summed E-state index contributed by atoms with van der Waals surface area (Å²) in [6.45, 7) is 0. The molecule has 1 saturated carbocycles. The van der Waals surface area contributed by atoms with E-state index in [1.54, 1.807) is 0 Å². The Balaban J connectivity index is 2.11. The molecule has 1 atom stereocenters. The van der Waals surface area contributed by atoms with Crippen LogP contribution in [0.2, 0.25) is 0 Å². The summed E-state index contributed by atoms with van der Waals surface area (Å²) < 4.78 is 18.2. The lowest BCUT2D eigenvalue weighted by Crippen LogP contribution is -2.25. The second-order valence-corrected chi connectivity index (χ2v) is 5.46. The maximum Gasteiger partial charge on any atom is 0.244 e. The zero-order valence-electron chi connectivity index (χ0n) is 9.48. The van der Waals surface area contributed by atoms with Crippen LogP contribution in [-0.2, 0) is 11.2 Å². The van der Waals surface area contributed by atoms with Gasteiger partial charge in [0.25, 0.3) is 0 Å². The SMILES string of the molecule is NC1=NS(=O)Nc2cccc(C3CCCC3)c21. The highest BCUT2D eigenvalue weighted by atomic mass is 32.2. The van der Waals surface area contributed by atoms with Crippen molar-refractivity contribution in [2.75, 3.05) is 4.72 Å². The lowest BCUT2D eigenvalue weighted by atomic mass is 9.91. The van der Waals surface area contributed by atoms with Gasteiger partial charge >= 0.3 is 0 Å². The van der Waals surface area contributed by atoms with Gasteiger partial charge < -0.3 is 5.73 Å². The molecule has 0 bridgehead atoms. The van der Waals surface area contributed by atoms with Crippen molar-refractivity contribution < 1.29 is 4.21 Å². The van der Waals surface area contributed by atoms with E-state index in [1.807, 2.05) is 12.1 Å². The number of nitrogens with one attached hydrogen (secondary N) is 1. The van der Waals surface area contributed by atoms with E-state index in [0.29, 0.717) is 11.8 Å². The third-order valence-corrected chi connectivity index (χ3v) is 4.28. The molecule has 1 aliphatic heterocycles. The Morgan fingerprint density at radius 2 is 2.12 bits per heavy atom. The van der Waals surface area contributed by atoms with Crippen LogP contribution in [0.15, 0.2) is 22.6 Å². The minimum absolute atomic E-state index is 0.402. The zero-order chi connectivity index (χ0) is 11.8. The summed E-state index contributed by atoms with van der Waals surface area (Å²) in [5.41, 5.74) is 8.98. The molecule has 1 unspecified atom stereocenters. The van der Waals surface area contributed by atoms with Gasteiger partial charge in [-0.05, 0) is 30.4 Å². The number of nitrogens with zero attached hydrogens (tertiary/aromatic N) is 1. The Morgan fingerprint density at radius 1 is 1.35 bits per heavy atom. The maximum atomic E-state index is 11.4. The number of fused-ring (bicyclic) bond motifs is 1. The molecule has 1 aromatic rings. The van der Waals surface area contributed by atoms with Crippen LogP contribution < -0.4 is 10.5 Å². The molecular weight excluding hydrogens is 234 g/mol. The van der Waals surface area contributed by atoms with Crippen LogP contribution in [0.3, 0.4) is 0 Å². The smallest absolute Gasteiger partial charge is 0.244 e. The summed E-state index contributed by atoms with van der Waals surface area (Å²) in [5.74, 6) is 0.978. The molecule has 1 heterocycles. The summed E-state index contributed by atoms with van der Waals surface area (Å²) in [4.78, 5) is 0. The normalized spacial score (nSPS) is 24.0. The molecule has 5 heteroatoms. The number of hydrogen-bond donors (Lipinski definition) is 2. The van der Waals surface area contributed by atoms with Crippen LogP contribution in [0.5, 0.6) is 0 Å². The fourth-order valence-corrected chi connectivity index (χ4v) is 3.44. The second kappa shape index (κ2) is 4.14. The molecule has 0 amide bonds. The molecule has 3 rings (SSSR count). The Kier molecular flexibility index (Phi) is 2.63. The first-order valence-corrected chi connectivity index (χ1v) is 7.02. The number of anilines is 1.